The fourth-order valence-corrected chi connectivity index (χ4v) is 1.78. The first-order valence-electron chi connectivity index (χ1n) is 6.25. The molecule has 0 N–H and O–H groups in total. The number of aryl methyl sites for hydroxylation is 1. The molecule has 3 aromatic carbocycles. The monoisotopic (exact) mass is 304 g/mol. The molecule has 0 saturated carbocycles. The summed E-state index contributed by atoms with van der Waals surface area (Å²) in [5.41, 5.74) is 4.66. The number of hydrogen-bond donors (Lipinski definition) is 0. The van der Waals surface area contributed by atoms with Gasteiger partial charge in [-0.2, -0.15) is 12.1 Å². The minimum Gasteiger partial charge on any atom is -0.721 e. The van der Waals surface area contributed by atoms with Gasteiger partial charge in [0.25, 0.3) is 0 Å². The molecule has 0 aliphatic heterocycles. The van der Waals surface area contributed by atoms with Crippen LogP contribution < -0.4 is 0 Å². The normalized spacial score (nSPS) is 9.05. The third-order valence-electron chi connectivity index (χ3n) is 2.87. The number of aldehydes is 1. The molecule has 0 fully saturated rings. The Bertz CT molecular complexity index is 589. The molecule has 0 aromatic heterocycles. The van der Waals surface area contributed by atoms with Crippen molar-refractivity contribution >= 4 is 6.29 Å². The van der Waals surface area contributed by atoms with Crippen LogP contribution in [0.3, 0.4) is 0 Å². The molecule has 0 aliphatic carbocycles. The predicted molar refractivity (Wildman–Crippen MR) is 79.6 cm³/mol. The van der Waals surface area contributed by atoms with E-state index in [9.17, 15) is 4.79 Å². The van der Waals surface area contributed by atoms with Crippen LogP contribution in [0.2, 0.25) is 0 Å². The van der Waals surface area contributed by atoms with E-state index in [1.165, 1.54) is 16.7 Å². The van der Waals surface area contributed by atoms with Crippen LogP contribution in [0.5, 0.6) is 0 Å². The molecule has 1 nitrogen and oxygen atoms in total. The fraction of sp³-hybridized carbons (Fsp3) is 0.0556. The molecule has 0 atom stereocenters. The van der Waals surface area contributed by atoms with Crippen molar-refractivity contribution in [2.45, 2.75) is 6.92 Å². The van der Waals surface area contributed by atoms with Gasteiger partial charge in [0.2, 0.25) is 0 Å². The zero-order valence-electron chi connectivity index (χ0n) is 11.3. The second-order valence-corrected chi connectivity index (χ2v) is 4.38. The average molecular weight is 304 g/mol. The minimum atomic E-state index is 0. The molecule has 0 bridgehead atoms. The summed E-state index contributed by atoms with van der Waals surface area (Å²) in [6.45, 7) is 2.11. The first-order chi connectivity index (χ1) is 9.29. The topological polar surface area (TPSA) is 17.1 Å². The van der Waals surface area contributed by atoms with Crippen LogP contribution in [0.15, 0.2) is 72.8 Å². The molecular formula is C18H16FeO-6. The molecule has 3 aromatic rings. The summed E-state index contributed by atoms with van der Waals surface area (Å²) in [5.74, 6) is 0. The summed E-state index contributed by atoms with van der Waals surface area (Å²) < 4.78 is 0. The molecular weight excluding hydrogens is 288 g/mol. The molecule has 2 heteroatoms. The van der Waals surface area contributed by atoms with E-state index >= 15 is 0 Å². The summed E-state index contributed by atoms with van der Waals surface area (Å²) in [5, 5.41) is 0. The van der Waals surface area contributed by atoms with Crippen LogP contribution in [-0.2, 0) is 17.1 Å². The average Bonchev–Trinajstić information content (AvgIpc) is 3.14. The number of carbonyl (C=O) groups is 1. The van der Waals surface area contributed by atoms with Gasteiger partial charge in [-0.1, -0.05) is 23.3 Å². The maximum Gasteiger partial charge on any atom is 0 e. The largest absolute Gasteiger partial charge is 0.721 e. The predicted octanol–water partition coefficient (Wildman–Crippen LogP) is 4.60. The van der Waals surface area contributed by atoms with E-state index in [-0.39, 0.29) is 17.1 Å². The molecule has 0 aliphatic rings. The van der Waals surface area contributed by atoms with Crippen molar-refractivity contribution in [3.8, 4) is 11.1 Å². The SMILES string of the molecule is Cc1ccc(-[c-]2cccc2)cc1.O=C[c-]1[cH-][cH-][cH-][cH-]1.[Fe]. The van der Waals surface area contributed by atoms with E-state index in [1.54, 1.807) is 12.1 Å². The van der Waals surface area contributed by atoms with Crippen molar-refractivity contribution < 1.29 is 21.9 Å². The van der Waals surface area contributed by atoms with Crippen LogP contribution in [0, 0.1) is 6.92 Å². The van der Waals surface area contributed by atoms with Crippen molar-refractivity contribution in [1.82, 2.24) is 0 Å². The second-order valence-electron chi connectivity index (χ2n) is 4.38. The van der Waals surface area contributed by atoms with Crippen molar-refractivity contribution in [3.63, 3.8) is 0 Å². The summed E-state index contributed by atoms with van der Waals surface area (Å²) in [6, 6.07) is 24.2. The molecule has 0 heterocycles. The first kappa shape index (κ1) is 16.2. The second kappa shape index (κ2) is 8.31. The van der Waals surface area contributed by atoms with Crippen LogP contribution in [0.4, 0.5) is 0 Å². The van der Waals surface area contributed by atoms with Crippen molar-refractivity contribution in [2.75, 3.05) is 0 Å². The molecule has 0 amide bonds. The fourth-order valence-electron chi connectivity index (χ4n) is 1.78. The zero-order chi connectivity index (χ0) is 13.5. The molecule has 108 valence electrons. The Hall–Kier alpha value is -1.89. The number of benzene rings is 1. The minimum absolute atomic E-state index is 0. The zero-order valence-corrected chi connectivity index (χ0v) is 12.4. The third kappa shape index (κ3) is 4.65. The van der Waals surface area contributed by atoms with Gasteiger partial charge in [0, 0.05) is 17.1 Å². The molecule has 0 unspecified atom stereocenters. The smallest absolute Gasteiger partial charge is 0 e. The summed E-state index contributed by atoms with van der Waals surface area (Å²) >= 11 is 0. The van der Waals surface area contributed by atoms with E-state index in [0.717, 1.165) is 11.8 Å². The van der Waals surface area contributed by atoms with Gasteiger partial charge < -0.3 is 34.6 Å². The van der Waals surface area contributed by atoms with Crippen molar-refractivity contribution in [2.24, 2.45) is 0 Å². The van der Waals surface area contributed by atoms with Crippen LogP contribution in [-0.4, -0.2) is 6.29 Å². The number of rotatable bonds is 2. The standard InChI is InChI=1S/C12H11.C6H5O.Fe/c1-10-6-8-12(9-7-10)11-4-2-3-5-11;7-5-6-3-1-2-4-6;/h2-9H,1H3;1-5H;/q-1;-5;. The molecule has 0 saturated heterocycles. The molecule has 0 spiro atoms. The number of carbonyl (C=O) groups excluding carboxylic acids is 1. The van der Waals surface area contributed by atoms with Gasteiger partial charge in [-0.3, -0.25) is 6.29 Å². The van der Waals surface area contributed by atoms with Gasteiger partial charge in [-0.15, -0.1) is 29.8 Å². The quantitative estimate of drug-likeness (QED) is 0.384. The molecule has 0 radical (unpaired) electrons. The van der Waals surface area contributed by atoms with Crippen LogP contribution in [0.25, 0.3) is 11.1 Å². The van der Waals surface area contributed by atoms with Crippen molar-refractivity contribution in [3.05, 3.63) is 83.9 Å². The Kier molecular flexibility index (Phi) is 6.72. The van der Waals surface area contributed by atoms with E-state index in [1.807, 2.05) is 12.1 Å². The Balaban J connectivity index is 0.000000216. The number of hydrogen-bond acceptors (Lipinski definition) is 1. The van der Waals surface area contributed by atoms with Gasteiger partial charge >= 0.3 is 0 Å². The Morgan fingerprint density at radius 3 is 2.00 bits per heavy atom. The van der Waals surface area contributed by atoms with E-state index < -0.39 is 0 Å². The summed E-state index contributed by atoms with van der Waals surface area (Å²) in [7, 11) is 0. The Morgan fingerprint density at radius 2 is 1.55 bits per heavy atom. The maximum atomic E-state index is 9.87. The van der Waals surface area contributed by atoms with Crippen LogP contribution >= 0.6 is 0 Å². The van der Waals surface area contributed by atoms with Crippen LogP contribution in [0.1, 0.15) is 15.9 Å². The Morgan fingerprint density at radius 1 is 1.00 bits per heavy atom. The van der Waals surface area contributed by atoms with Crippen molar-refractivity contribution in [1.29, 1.82) is 0 Å². The first-order valence-corrected chi connectivity index (χ1v) is 6.25. The van der Waals surface area contributed by atoms with Gasteiger partial charge in [-0.25, -0.2) is 0 Å². The van der Waals surface area contributed by atoms with Gasteiger partial charge in [0.15, 0.2) is 0 Å². The van der Waals surface area contributed by atoms with Gasteiger partial charge in [-0.05, 0) is 6.92 Å². The summed E-state index contributed by atoms with van der Waals surface area (Å²) in [4.78, 5) is 9.87. The molecule has 20 heavy (non-hydrogen) atoms. The Labute approximate surface area is 130 Å². The summed E-state index contributed by atoms with van der Waals surface area (Å²) in [6.07, 6.45) is 0.833. The van der Waals surface area contributed by atoms with Gasteiger partial charge in [0.05, 0.1) is 0 Å². The van der Waals surface area contributed by atoms with E-state index in [0.29, 0.717) is 0 Å². The van der Waals surface area contributed by atoms with E-state index in [4.69, 9.17) is 0 Å². The van der Waals surface area contributed by atoms with Gasteiger partial charge in [0.1, 0.15) is 0 Å². The maximum absolute atomic E-state index is 9.87. The third-order valence-corrected chi connectivity index (χ3v) is 2.87. The van der Waals surface area contributed by atoms with E-state index in [2.05, 4.69) is 55.5 Å². The molecule has 3 rings (SSSR count).